The Bertz CT molecular complexity index is 2110. The van der Waals surface area contributed by atoms with Gasteiger partial charge in [-0.05, 0) is 77.9 Å². The predicted molar refractivity (Wildman–Crippen MR) is 173 cm³/mol. The molecule has 4 aromatic carbocycles. The van der Waals surface area contributed by atoms with Gasteiger partial charge in [0.15, 0.2) is 0 Å². The largest absolute Gasteiger partial charge is 0.506 e. The van der Waals surface area contributed by atoms with Gasteiger partial charge < -0.3 is 9.84 Å². The van der Waals surface area contributed by atoms with Crippen molar-refractivity contribution in [2.45, 2.75) is 38.0 Å². The van der Waals surface area contributed by atoms with Gasteiger partial charge in [0.1, 0.15) is 22.8 Å². The summed E-state index contributed by atoms with van der Waals surface area (Å²) in [7, 11) is 0. The first-order valence-corrected chi connectivity index (χ1v) is 15.1. The van der Waals surface area contributed by atoms with Crippen LogP contribution in [0, 0.1) is 0 Å². The maximum Gasteiger partial charge on any atom is 0.219 e. The standard InChI is InChI=1S/C38H31N3O2/c42-35-19-17-29(26-11-5-2-6-12-26)32-18-20-37(40-38(32)35)43-28-15-16-31-30-13-7-8-14-33(30)41(34(31)24-28)36-23-27(21-22-39-36)25-9-3-1-4-10-25/h1,3-4,7-10,13-24,26,42H,2,5-6,11-12H2. The molecule has 1 saturated carbocycles. The van der Waals surface area contributed by atoms with E-state index in [9.17, 15) is 5.11 Å². The average Bonchev–Trinajstić information content (AvgIpc) is 3.39. The summed E-state index contributed by atoms with van der Waals surface area (Å²) in [5.74, 6) is 2.66. The van der Waals surface area contributed by atoms with E-state index < -0.39 is 0 Å². The molecule has 0 unspecified atom stereocenters. The van der Waals surface area contributed by atoms with Gasteiger partial charge in [-0.2, -0.15) is 0 Å². The molecular formula is C38H31N3O2. The van der Waals surface area contributed by atoms with Gasteiger partial charge >= 0.3 is 0 Å². The van der Waals surface area contributed by atoms with E-state index in [0.29, 0.717) is 23.1 Å². The number of para-hydroxylation sites is 1. The van der Waals surface area contributed by atoms with Gasteiger partial charge in [0.2, 0.25) is 5.88 Å². The van der Waals surface area contributed by atoms with Crippen LogP contribution in [0.5, 0.6) is 17.4 Å². The van der Waals surface area contributed by atoms with Crippen molar-refractivity contribution in [1.29, 1.82) is 0 Å². The molecule has 3 aromatic heterocycles. The first-order valence-electron chi connectivity index (χ1n) is 15.1. The van der Waals surface area contributed by atoms with E-state index in [1.165, 1.54) is 37.7 Å². The number of benzene rings is 4. The van der Waals surface area contributed by atoms with E-state index in [2.05, 4.69) is 83.4 Å². The second kappa shape index (κ2) is 10.6. The molecule has 3 heterocycles. The number of hydrogen-bond acceptors (Lipinski definition) is 4. The molecule has 0 atom stereocenters. The number of aromatic hydroxyl groups is 1. The Morgan fingerprint density at radius 2 is 1.47 bits per heavy atom. The molecule has 0 radical (unpaired) electrons. The summed E-state index contributed by atoms with van der Waals surface area (Å²) in [6.07, 6.45) is 8.07. The van der Waals surface area contributed by atoms with E-state index in [1.807, 2.05) is 30.5 Å². The van der Waals surface area contributed by atoms with Crippen LogP contribution in [0.15, 0.2) is 115 Å². The maximum atomic E-state index is 10.7. The fourth-order valence-electron chi connectivity index (χ4n) is 6.77. The summed E-state index contributed by atoms with van der Waals surface area (Å²) in [4.78, 5) is 9.58. The molecular weight excluding hydrogens is 530 g/mol. The zero-order valence-corrected chi connectivity index (χ0v) is 23.8. The lowest BCUT2D eigenvalue weighted by atomic mass is 9.82. The molecule has 43 heavy (non-hydrogen) atoms. The Labute approximate surface area is 250 Å². The molecule has 0 amide bonds. The van der Waals surface area contributed by atoms with E-state index in [0.717, 1.165) is 44.1 Å². The van der Waals surface area contributed by atoms with E-state index >= 15 is 0 Å². The third-order valence-electron chi connectivity index (χ3n) is 8.84. The number of rotatable bonds is 5. The van der Waals surface area contributed by atoms with Crippen LogP contribution in [-0.2, 0) is 0 Å². The molecule has 7 aromatic rings. The maximum absolute atomic E-state index is 10.7. The molecule has 0 saturated heterocycles. The topological polar surface area (TPSA) is 60.2 Å². The molecule has 5 nitrogen and oxygen atoms in total. The third-order valence-corrected chi connectivity index (χ3v) is 8.84. The molecule has 0 spiro atoms. The minimum Gasteiger partial charge on any atom is -0.506 e. The zero-order valence-electron chi connectivity index (χ0n) is 23.8. The van der Waals surface area contributed by atoms with Crippen molar-refractivity contribution >= 4 is 32.7 Å². The molecule has 5 heteroatoms. The van der Waals surface area contributed by atoms with Crippen LogP contribution in [0.4, 0.5) is 0 Å². The van der Waals surface area contributed by atoms with Gasteiger partial charge in [0.05, 0.1) is 11.0 Å². The Morgan fingerprint density at radius 3 is 2.35 bits per heavy atom. The van der Waals surface area contributed by atoms with E-state index in [1.54, 1.807) is 6.07 Å². The summed E-state index contributed by atoms with van der Waals surface area (Å²) in [6.45, 7) is 0. The van der Waals surface area contributed by atoms with Gasteiger partial charge in [0, 0.05) is 34.5 Å². The molecule has 210 valence electrons. The van der Waals surface area contributed by atoms with Gasteiger partial charge in [-0.1, -0.05) is 73.9 Å². The lowest BCUT2D eigenvalue weighted by molar-refractivity contribution is 0.443. The number of hydrogen-bond donors (Lipinski definition) is 1. The van der Waals surface area contributed by atoms with Crippen molar-refractivity contribution in [1.82, 2.24) is 14.5 Å². The lowest BCUT2D eigenvalue weighted by Crippen LogP contribution is -2.05. The minimum atomic E-state index is 0.181. The quantitative estimate of drug-likeness (QED) is 0.227. The first-order chi connectivity index (χ1) is 21.2. The number of ether oxygens (including phenoxy) is 1. The Kier molecular flexibility index (Phi) is 6.29. The van der Waals surface area contributed by atoms with Crippen LogP contribution < -0.4 is 4.74 Å². The van der Waals surface area contributed by atoms with Gasteiger partial charge in [-0.3, -0.25) is 4.57 Å². The number of nitrogens with zero attached hydrogens (tertiary/aromatic N) is 3. The van der Waals surface area contributed by atoms with Crippen LogP contribution in [0.25, 0.3) is 49.7 Å². The van der Waals surface area contributed by atoms with Crippen molar-refractivity contribution in [3.63, 3.8) is 0 Å². The summed E-state index contributed by atoms with van der Waals surface area (Å²) >= 11 is 0. The fraction of sp³-hybridized carbons (Fsp3) is 0.158. The molecule has 1 aliphatic carbocycles. The molecule has 8 rings (SSSR count). The highest BCUT2D eigenvalue weighted by molar-refractivity contribution is 6.09. The predicted octanol–water partition coefficient (Wildman–Crippen LogP) is 9.94. The molecule has 1 N–H and O–H groups in total. The number of phenolic OH excluding ortho intramolecular Hbond substituents is 1. The molecule has 0 bridgehead atoms. The summed E-state index contributed by atoms with van der Waals surface area (Å²) in [6, 6.07) is 36.9. The van der Waals surface area contributed by atoms with Gasteiger partial charge in [-0.15, -0.1) is 0 Å². The van der Waals surface area contributed by atoms with Gasteiger partial charge in [0.25, 0.3) is 0 Å². The average molecular weight is 562 g/mol. The summed E-state index contributed by atoms with van der Waals surface area (Å²) < 4.78 is 8.55. The highest BCUT2D eigenvalue weighted by Crippen LogP contribution is 2.40. The number of pyridine rings is 2. The van der Waals surface area contributed by atoms with Crippen molar-refractivity contribution in [2.24, 2.45) is 0 Å². The van der Waals surface area contributed by atoms with Crippen molar-refractivity contribution in [3.8, 4) is 34.3 Å². The SMILES string of the molecule is Oc1ccc(C2CCCCC2)c2ccc(Oc3ccc4c5ccccc5n(-c5cc(-c6ccccc6)ccn5)c4c3)nc12. The summed E-state index contributed by atoms with van der Waals surface area (Å²) in [5, 5.41) is 14.0. The smallest absolute Gasteiger partial charge is 0.219 e. The summed E-state index contributed by atoms with van der Waals surface area (Å²) in [5.41, 5.74) is 6.21. The van der Waals surface area contributed by atoms with Crippen LogP contribution in [-0.4, -0.2) is 19.6 Å². The minimum absolute atomic E-state index is 0.181. The lowest BCUT2D eigenvalue weighted by Gasteiger charge is -2.23. The van der Waals surface area contributed by atoms with E-state index in [-0.39, 0.29) is 5.75 Å². The number of fused-ring (bicyclic) bond motifs is 4. The molecule has 0 aliphatic heterocycles. The number of aromatic nitrogens is 3. The van der Waals surface area contributed by atoms with Crippen LogP contribution in [0.3, 0.4) is 0 Å². The van der Waals surface area contributed by atoms with Crippen molar-refractivity contribution in [2.75, 3.05) is 0 Å². The van der Waals surface area contributed by atoms with Crippen LogP contribution in [0.2, 0.25) is 0 Å². The Balaban J connectivity index is 1.21. The second-order valence-electron chi connectivity index (χ2n) is 11.5. The third kappa shape index (κ3) is 4.58. The van der Waals surface area contributed by atoms with Crippen molar-refractivity contribution in [3.05, 3.63) is 121 Å². The monoisotopic (exact) mass is 561 g/mol. The number of phenols is 1. The Morgan fingerprint density at radius 1 is 0.674 bits per heavy atom. The molecule has 1 aliphatic rings. The Hall–Kier alpha value is -5.16. The normalized spacial score (nSPS) is 14.0. The van der Waals surface area contributed by atoms with E-state index in [4.69, 9.17) is 14.7 Å². The zero-order chi connectivity index (χ0) is 28.8. The molecule has 1 fully saturated rings. The highest BCUT2D eigenvalue weighted by atomic mass is 16.5. The van der Waals surface area contributed by atoms with Crippen LogP contribution in [0.1, 0.15) is 43.6 Å². The van der Waals surface area contributed by atoms with Crippen molar-refractivity contribution < 1.29 is 9.84 Å². The first kappa shape index (κ1) is 25.5. The van der Waals surface area contributed by atoms with Crippen LogP contribution >= 0.6 is 0 Å². The van der Waals surface area contributed by atoms with Gasteiger partial charge in [-0.25, -0.2) is 9.97 Å². The highest BCUT2D eigenvalue weighted by Gasteiger charge is 2.20. The fourth-order valence-corrected chi connectivity index (χ4v) is 6.77. The second-order valence-corrected chi connectivity index (χ2v) is 11.5.